The lowest BCUT2D eigenvalue weighted by Crippen LogP contribution is -2.38. The number of furan rings is 1. The van der Waals surface area contributed by atoms with Crippen molar-refractivity contribution in [2.75, 3.05) is 32.9 Å². The third kappa shape index (κ3) is 4.44. The molecule has 0 aliphatic carbocycles. The molecule has 1 aromatic carbocycles. The van der Waals surface area contributed by atoms with Gasteiger partial charge in [0.05, 0.1) is 30.3 Å². The van der Waals surface area contributed by atoms with Crippen molar-refractivity contribution in [1.29, 1.82) is 0 Å². The predicted molar refractivity (Wildman–Crippen MR) is 111 cm³/mol. The number of nitrogens with zero attached hydrogens (tertiary/aromatic N) is 2. The number of ether oxygens (including phenoxy) is 2. The summed E-state index contributed by atoms with van der Waals surface area (Å²) >= 11 is 1.36. The predicted octanol–water partition coefficient (Wildman–Crippen LogP) is 3.43. The van der Waals surface area contributed by atoms with E-state index >= 15 is 0 Å². The Morgan fingerprint density at radius 2 is 1.97 bits per heavy atom. The lowest BCUT2D eigenvalue weighted by Gasteiger charge is -2.27. The maximum Gasteiger partial charge on any atom is 0.338 e. The molecule has 2 aromatic rings. The van der Waals surface area contributed by atoms with Gasteiger partial charge in [0.15, 0.2) is 5.17 Å². The highest BCUT2D eigenvalue weighted by Crippen LogP contribution is 2.32. The number of benzene rings is 1. The number of aliphatic imine (C=N–C) groups is 1. The van der Waals surface area contributed by atoms with Crippen LogP contribution in [0.4, 0.5) is 0 Å². The smallest absolute Gasteiger partial charge is 0.338 e. The van der Waals surface area contributed by atoms with E-state index in [2.05, 4.69) is 9.89 Å². The van der Waals surface area contributed by atoms with Crippen molar-refractivity contribution < 1.29 is 23.5 Å². The van der Waals surface area contributed by atoms with E-state index in [1.165, 1.54) is 11.8 Å². The van der Waals surface area contributed by atoms with Crippen LogP contribution in [0, 0.1) is 0 Å². The van der Waals surface area contributed by atoms with Crippen LogP contribution in [0.5, 0.6) is 0 Å². The largest absolute Gasteiger partial charge is 0.462 e. The van der Waals surface area contributed by atoms with Gasteiger partial charge < -0.3 is 18.8 Å². The summed E-state index contributed by atoms with van der Waals surface area (Å²) in [6, 6.07) is 10.6. The molecule has 0 spiro atoms. The minimum Gasteiger partial charge on any atom is -0.462 e. The standard InChI is InChI=1S/C21H20N2O5S/c1-2-27-20(25)15-5-3-14(4-6-15)17-8-7-16(28-17)13-18-19(24)22-21(29-18)23-9-11-26-12-10-23/h3-8,13H,2,9-12H2,1H3/b18-13-. The number of hydrogen-bond acceptors (Lipinski definition) is 7. The van der Waals surface area contributed by atoms with E-state index in [1.54, 1.807) is 37.3 Å². The molecule has 0 N–H and O–H groups in total. The lowest BCUT2D eigenvalue weighted by atomic mass is 10.1. The molecule has 2 aliphatic heterocycles. The van der Waals surface area contributed by atoms with E-state index in [0.29, 0.717) is 47.0 Å². The fourth-order valence-electron chi connectivity index (χ4n) is 2.99. The van der Waals surface area contributed by atoms with E-state index in [4.69, 9.17) is 13.9 Å². The summed E-state index contributed by atoms with van der Waals surface area (Å²) in [4.78, 5) is 30.7. The average molecular weight is 412 g/mol. The van der Waals surface area contributed by atoms with Gasteiger partial charge in [-0.1, -0.05) is 12.1 Å². The SMILES string of the molecule is CCOC(=O)c1ccc(-c2ccc(/C=C3\SC(N4CCOCC4)=NC3=O)o2)cc1. The maximum atomic E-state index is 12.2. The zero-order valence-corrected chi connectivity index (χ0v) is 16.7. The minimum atomic E-state index is -0.350. The Kier molecular flexibility index (Phi) is 5.82. The fraction of sp³-hybridized carbons (Fsp3) is 0.286. The summed E-state index contributed by atoms with van der Waals surface area (Å²) < 4.78 is 16.2. The Balaban J connectivity index is 1.45. The number of hydrogen-bond donors (Lipinski definition) is 0. The second-order valence-corrected chi connectivity index (χ2v) is 7.42. The molecule has 0 bridgehead atoms. The Labute approximate surface area is 172 Å². The molecule has 150 valence electrons. The topological polar surface area (TPSA) is 81.3 Å². The molecule has 1 aromatic heterocycles. The molecular weight excluding hydrogens is 392 g/mol. The van der Waals surface area contributed by atoms with Crippen LogP contribution in [0.15, 0.2) is 50.7 Å². The molecule has 0 atom stereocenters. The van der Waals surface area contributed by atoms with Crippen molar-refractivity contribution in [3.63, 3.8) is 0 Å². The number of morpholine rings is 1. The van der Waals surface area contributed by atoms with E-state index in [-0.39, 0.29) is 11.9 Å². The molecule has 29 heavy (non-hydrogen) atoms. The highest BCUT2D eigenvalue weighted by molar-refractivity contribution is 8.18. The van der Waals surface area contributed by atoms with Gasteiger partial charge in [-0.3, -0.25) is 4.79 Å². The molecule has 8 heteroatoms. The summed E-state index contributed by atoms with van der Waals surface area (Å²) in [5.74, 6) is 0.616. The molecule has 1 saturated heterocycles. The Hall–Kier alpha value is -2.84. The van der Waals surface area contributed by atoms with Crippen molar-refractivity contribution >= 4 is 34.9 Å². The van der Waals surface area contributed by atoms with Gasteiger partial charge in [0.2, 0.25) is 0 Å². The number of rotatable bonds is 4. The number of carbonyl (C=O) groups excluding carboxylic acids is 2. The molecule has 2 aliphatic rings. The van der Waals surface area contributed by atoms with Gasteiger partial charge in [0.1, 0.15) is 11.5 Å². The van der Waals surface area contributed by atoms with Gasteiger partial charge in [-0.15, -0.1) is 0 Å². The molecule has 1 fully saturated rings. The number of esters is 1. The lowest BCUT2D eigenvalue weighted by molar-refractivity contribution is -0.113. The average Bonchev–Trinajstić information content (AvgIpc) is 3.36. The quantitative estimate of drug-likeness (QED) is 0.562. The van der Waals surface area contributed by atoms with E-state index < -0.39 is 0 Å². The Morgan fingerprint density at radius 1 is 1.21 bits per heavy atom. The monoisotopic (exact) mass is 412 g/mol. The van der Waals surface area contributed by atoms with Crippen LogP contribution in [0.25, 0.3) is 17.4 Å². The third-order valence-electron chi connectivity index (χ3n) is 4.47. The van der Waals surface area contributed by atoms with Crippen LogP contribution in [0.3, 0.4) is 0 Å². The molecule has 1 amide bonds. The van der Waals surface area contributed by atoms with Crippen LogP contribution >= 0.6 is 11.8 Å². The first-order valence-corrected chi connectivity index (χ1v) is 10.2. The van der Waals surface area contributed by atoms with Gasteiger partial charge in [0, 0.05) is 24.7 Å². The maximum absolute atomic E-state index is 12.2. The number of thioether (sulfide) groups is 1. The zero-order valence-electron chi connectivity index (χ0n) is 15.9. The van der Waals surface area contributed by atoms with Gasteiger partial charge in [0.25, 0.3) is 5.91 Å². The summed E-state index contributed by atoms with van der Waals surface area (Å²) in [6.45, 7) is 4.86. The fourth-order valence-corrected chi connectivity index (χ4v) is 3.93. The molecule has 3 heterocycles. The van der Waals surface area contributed by atoms with Crippen LogP contribution < -0.4 is 0 Å². The van der Waals surface area contributed by atoms with Crippen molar-refractivity contribution in [2.45, 2.75) is 6.92 Å². The second-order valence-electron chi connectivity index (χ2n) is 6.41. The van der Waals surface area contributed by atoms with Crippen molar-refractivity contribution in [2.24, 2.45) is 4.99 Å². The van der Waals surface area contributed by atoms with Crippen LogP contribution in [-0.4, -0.2) is 54.9 Å². The normalized spacial score (nSPS) is 18.2. The number of carbonyl (C=O) groups is 2. The first-order chi connectivity index (χ1) is 14.1. The first-order valence-electron chi connectivity index (χ1n) is 9.36. The second kappa shape index (κ2) is 8.67. The summed E-state index contributed by atoms with van der Waals surface area (Å²) in [5.41, 5.74) is 1.32. The summed E-state index contributed by atoms with van der Waals surface area (Å²) in [5, 5.41) is 0.714. The van der Waals surface area contributed by atoms with Crippen molar-refractivity contribution in [3.8, 4) is 11.3 Å². The molecule has 7 nitrogen and oxygen atoms in total. The van der Waals surface area contributed by atoms with Gasteiger partial charge in [-0.05, 0) is 43.0 Å². The highest BCUT2D eigenvalue weighted by Gasteiger charge is 2.27. The van der Waals surface area contributed by atoms with Crippen LogP contribution in [0.1, 0.15) is 23.0 Å². The summed E-state index contributed by atoms with van der Waals surface area (Å²) in [7, 11) is 0. The van der Waals surface area contributed by atoms with Crippen LogP contribution in [0.2, 0.25) is 0 Å². The third-order valence-corrected chi connectivity index (χ3v) is 5.52. The number of amidine groups is 1. The number of amides is 1. The van der Waals surface area contributed by atoms with Crippen molar-refractivity contribution in [1.82, 2.24) is 4.90 Å². The van der Waals surface area contributed by atoms with Gasteiger partial charge in [-0.25, -0.2) is 4.79 Å². The van der Waals surface area contributed by atoms with E-state index in [0.717, 1.165) is 18.7 Å². The molecular formula is C21H20N2O5S. The highest BCUT2D eigenvalue weighted by atomic mass is 32.2. The zero-order chi connectivity index (χ0) is 20.2. The van der Waals surface area contributed by atoms with E-state index in [1.807, 2.05) is 12.1 Å². The van der Waals surface area contributed by atoms with Crippen molar-refractivity contribution in [3.05, 3.63) is 52.6 Å². The molecule has 0 saturated carbocycles. The van der Waals surface area contributed by atoms with Crippen LogP contribution in [-0.2, 0) is 14.3 Å². The van der Waals surface area contributed by atoms with E-state index in [9.17, 15) is 9.59 Å². The molecule has 0 unspecified atom stereocenters. The molecule has 0 radical (unpaired) electrons. The minimum absolute atomic E-state index is 0.256. The summed E-state index contributed by atoms with van der Waals surface area (Å²) in [6.07, 6.45) is 1.71. The van der Waals surface area contributed by atoms with Gasteiger partial charge in [-0.2, -0.15) is 4.99 Å². The Morgan fingerprint density at radius 3 is 2.69 bits per heavy atom. The Bertz CT molecular complexity index is 971. The molecule has 4 rings (SSSR count). The van der Waals surface area contributed by atoms with Gasteiger partial charge >= 0.3 is 5.97 Å². The first kappa shape index (κ1) is 19.5.